The summed E-state index contributed by atoms with van der Waals surface area (Å²) in [6, 6.07) is 7.33. The van der Waals surface area contributed by atoms with Gasteiger partial charge >= 0.3 is 0 Å². The van der Waals surface area contributed by atoms with Crippen LogP contribution in [0.15, 0.2) is 30.3 Å². The molecule has 2 rings (SSSR count). The highest BCUT2D eigenvalue weighted by atomic mass is 19.1. The van der Waals surface area contributed by atoms with Crippen LogP contribution in [-0.2, 0) is 0 Å². The summed E-state index contributed by atoms with van der Waals surface area (Å²) in [5, 5.41) is 12.0. The van der Waals surface area contributed by atoms with E-state index in [0.29, 0.717) is 10.9 Å². The van der Waals surface area contributed by atoms with E-state index in [1.165, 1.54) is 18.2 Å². The number of nitro benzene ring substituents is 1. The van der Waals surface area contributed by atoms with Crippen LogP contribution >= 0.6 is 0 Å². The SMILES string of the molecule is Cc1cc2ccc(F)cc2cc1[N+](=O)[O-]. The monoisotopic (exact) mass is 205 g/mol. The molecule has 0 saturated heterocycles. The highest BCUT2D eigenvalue weighted by Gasteiger charge is 2.11. The molecule has 76 valence electrons. The van der Waals surface area contributed by atoms with Crippen LogP contribution in [-0.4, -0.2) is 4.92 Å². The maximum Gasteiger partial charge on any atom is 0.272 e. The second-order valence-corrected chi connectivity index (χ2v) is 3.39. The molecule has 0 heterocycles. The van der Waals surface area contributed by atoms with Gasteiger partial charge in [0, 0.05) is 11.6 Å². The van der Waals surface area contributed by atoms with E-state index < -0.39 is 4.92 Å². The summed E-state index contributed by atoms with van der Waals surface area (Å²) in [7, 11) is 0. The lowest BCUT2D eigenvalue weighted by atomic mass is 10.1. The molecule has 0 N–H and O–H groups in total. The molecular weight excluding hydrogens is 197 g/mol. The molecule has 0 amide bonds. The van der Waals surface area contributed by atoms with Crippen LogP contribution in [0, 0.1) is 22.9 Å². The van der Waals surface area contributed by atoms with E-state index in [2.05, 4.69) is 0 Å². The van der Waals surface area contributed by atoms with Gasteiger partial charge in [0.15, 0.2) is 0 Å². The Morgan fingerprint density at radius 3 is 2.60 bits per heavy atom. The predicted octanol–water partition coefficient (Wildman–Crippen LogP) is 3.20. The molecule has 0 aromatic heterocycles. The number of benzene rings is 2. The van der Waals surface area contributed by atoms with Crippen molar-refractivity contribution in [3.63, 3.8) is 0 Å². The van der Waals surface area contributed by atoms with Gasteiger partial charge in [-0.15, -0.1) is 0 Å². The fourth-order valence-corrected chi connectivity index (χ4v) is 1.57. The fraction of sp³-hybridized carbons (Fsp3) is 0.0909. The molecule has 0 aliphatic rings. The number of aryl methyl sites for hydroxylation is 1. The third-order valence-electron chi connectivity index (χ3n) is 2.31. The highest BCUT2D eigenvalue weighted by molar-refractivity contribution is 5.85. The van der Waals surface area contributed by atoms with Gasteiger partial charge in [-0.25, -0.2) is 4.39 Å². The Bertz CT molecular complexity index is 552. The highest BCUT2D eigenvalue weighted by Crippen LogP contribution is 2.25. The van der Waals surface area contributed by atoms with Crippen LogP contribution in [0.1, 0.15) is 5.56 Å². The molecule has 0 saturated carbocycles. The molecule has 4 heteroatoms. The molecule has 0 spiro atoms. The van der Waals surface area contributed by atoms with Gasteiger partial charge in [-0.05, 0) is 35.9 Å². The number of hydrogen-bond acceptors (Lipinski definition) is 2. The van der Waals surface area contributed by atoms with E-state index in [9.17, 15) is 14.5 Å². The van der Waals surface area contributed by atoms with E-state index in [4.69, 9.17) is 0 Å². The lowest BCUT2D eigenvalue weighted by molar-refractivity contribution is -0.385. The molecule has 0 fully saturated rings. The second-order valence-electron chi connectivity index (χ2n) is 3.39. The zero-order valence-corrected chi connectivity index (χ0v) is 8.03. The number of hydrogen-bond donors (Lipinski definition) is 0. The first-order chi connectivity index (χ1) is 7.08. The second kappa shape index (κ2) is 3.31. The third-order valence-corrected chi connectivity index (χ3v) is 2.31. The minimum atomic E-state index is -0.459. The van der Waals surface area contributed by atoms with E-state index in [-0.39, 0.29) is 11.5 Å². The smallest absolute Gasteiger partial charge is 0.258 e. The van der Waals surface area contributed by atoms with Crippen molar-refractivity contribution >= 4 is 16.5 Å². The fourth-order valence-electron chi connectivity index (χ4n) is 1.57. The number of nitro groups is 1. The summed E-state index contributed by atoms with van der Waals surface area (Å²) < 4.78 is 12.9. The van der Waals surface area contributed by atoms with Crippen molar-refractivity contribution in [2.75, 3.05) is 0 Å². The topological polar surface area (TPSA) is 43.1 Å². The molecule has 0 unspecified atom stereocenters. The molecule has 0 radical (unpaired) electrons. The predicted molar refractivity (Wildman–Crippen MR) is 55.3 cm³/mol. The molecule has 0 aliphatic carbocycles. The lowest BCUT2D eigenvalue weighted by Crippen LogP contribution is -1.91. The van der Waals surface area contributed by atoms with E-state index >= 15 is 0 Å². The Balaban J connectivity index is 2.77. The Morgan fingerprint density at radius 2 is 1.93 bits per heavy atom. The first-order valence-corrected chi connectivity index (χ1v) is 4.42. The minimum absolute atomic E-state index is 0.0214. The summed E-state index contributed by atoms with van der Waals surface area (Å²) in [5.41, 5.74) is 0.604. The zero-order valence-electron chi connectivity index (χ0n) is 8.03. The van der Waals surface area contributed by atoms with Gasteiger partial charge in [-0.2, -0.15) is 0 Å². The van der Waals surface area contributed by atoms with Gasteiger partial charge < -0.3 is 0 Å². The summed E-state index contributed by atoms with van der Waals surface area (Å²) in [6.07, 6.45) is 0. The summed E-state index contributed by atoms with van der Waals surface area (Å²) in [5.74, 6) is -0.388. The lowest BCUT2D eigenvalue weighted by Gasteiger charge is -2.01. The van der Waals surface area contributed by atoms with E-state index in [0.717, 1.165) is 5.39 Å². The average molecular weight is 205 g/mol. The normalized spacial score (nSPS) is 10.5. The molecule has 2 aromatic carbocycles. The molecule has 0 aliphatic heterocycles. The van der Waals surface area contributed by atoms with Crippen molar-refractivity contribution in [1.29, 1.82) is 0 Å². The third kappa shape index (κ3) is 1.66. The molecule has 15 heavy (non-hydrogen) atoms. The van der Waals surface area contributed by atoms with Crippen LogP contribution in [0.2, 0.25) is 0 Å². The molecule has 0 bridgehead atoms. The largest absolute Gasteiger partial charge is 0.272 e. The van der Waals surface area contributed by atoms with Gasteiger partial charge in [-0.1, -0.05) is 6.07 Å². The van der Waals surface area contributed by atoms with Gasteiger partial charge in [0.05, 0.1) is 4.92 Å². The van der Waals surface area contributed by atoms with Crippen molar-refractivity contribution in [2.24, 2.45) is 0 Å². The molecule has 2 aromatic rings. The van der Waals surface area contributed by atoms with E-state index in [1.807, 2.05) is 0 Å². The summed E-state index contributed by atoms with van der Waals surface area (Å²) in [4.78, 5) is 10.2. The van der Waals surface area contributed by atoms with Crippen LogP contribution in [0.3, 0.4) is 0 Å². The van der Waals surface area contributed by atoms with Crippen molar-refractivity contribution in [2.45, 2.75) is 6.92 Å². The van der Waals surface area contributed by atoms with Crippen LogP contribution < -0.4 is 0 Å². The van der Waals surface area contributed by atoms with Gasteiger partial charge in [-0.3, -0.25) is 10.1 Å². The van der Waals surface area contributed by atoms with Crippen molar-refractivity contribution in [1.82, 2.24) is 0 Å². The molecule has 0 atom stereocenters. The van der Waals surface area contributed by atoms with Crippen LogP contribution in [0.5, 0.6) is 0 Å². The van der Waals surface area contributed by atoms with E-state index in [1.54, 1.807) is 19.1 Å². The van der Waals surface area contributed by atoms with Crippen molar-refractivity contribution < 1.29 is 9.31 Å². The molecule has 3 nitrogen and oxygen atoms in total. The first kappa shape index (κ1) is 9.58. The Hall–Kier alpha value is -1.97. The van der Waals surface area contributed by atoms with Gasteiger partial charge in [0.1, 0.15) is 5.82 Å². The molecular formula is C11H8FNO2. The van der Waals surface area contributed by atoms with Gasteiger partial charge in [0.2, 0.25) is 0 Å². The standard InChI is InChI=1S/C11H8FNO2/c1-7-4-8-2-3-10(12)5-9(8)6-11(7)13(14)15/h2-6H,1H3. The summed E-state index contributed by atoms with van der Waals surface area (Å²) >= 11 is 0. The minimum Gasteiger partial charge on any atom is -0.258 e. The maximum atomic E-state index is 12.9. The van der Waals surface area contributed by atoms with Gasteiger partial charge in [0.25, 0.3) is 5.69 Å². The number of rotatable bonds is 1. The van der Waals surface area contributed by atoms with Crippen LogP contribution in [0.4, 0.5) is 10.1 Å². The Labute approximate surface area is 85.3 Å². The number of halogens is 1. The Kier molecular flexibility index (Phi) is 2.11. The first-order valence-electron chi connectivity index (χ1n) is 4.42. The zero-order chi connectivity index (χ0) is 11.0. The number of nitrogens with zero attached hydrogens (tertiary/aromatic N) is 1. The van der Waals surface area contributed by atoms with Crippen LogP contribution in [0.25, 0.3) is 10.8 Å². The van der Waals surface area contributed by atoms with Crippen molar-refractivity contribution in [3.8, 4) is 0 Å². The average Bonchev–Trinajstić information content (AvgIpc) is 2.17. The maximum absolute atomic E-state index is 12.9. The quantitative estimate of drug-likeness (QED) is 0.530. The summed E-state index contributed by atoms with van der Waals surface area (Å²) in [6.45, 7) is 1.67. The van der Waals surface area contributed by atoms with Crippen molar-refractivity contribution in [3.05, 3.63) is 51.8 Å². The Morgan fingerprint density at radius 1 is 1.20 bits per heavy atom. The number of fused-ring (bicyclic) bond motifs is 1.